The van der Waals surface area contributed by atoms with Gasteiger partial charge in [0.15, 0.2) is 0 Å². The smallest absolute Gasteiger partial charge is 0.246 e. The van der Waals surface area contributed by atoms with E-state index in [1.165, 1.54) is 6.08 Å². The Hall–Kier alpha value is -2.37. The standard InChI is InChI=1S/C15H19N5O/c1-3-12(21)20-6-4-5-11(8-20)19-15-13-10(2)7-16-14(13)17-9-18-15/h3,7,9,11H,1,4-6,8H2,2H3,(H2,16,17,18,19). The second-order valence-corrected chi connectivity index (χ2v) is 5.39. The van der Waals surface area contributed by atoms with Crippen LogP contribution in [0.15, 0.2) is 25.2 Å². The number of aryl methyl sites for hydroxylation is 1. The molecule has 1 fully saturated rings. The summed E-state index contributed by atoms with van der Waals surface area (Å²) in [7, 11) is 0. The Balaban J connectivity index is 1.80. The molecule has 0 bridgehead atoms. The third kappa shape index (κ3) is 2.61. The molecule has 110 valence electrons. The number of aromatic nitrogens is 3. The van der Waals surface area contributed by atoms with Crippen LogP contribution in [0.25, 0.3) is 11.0 Å². The summed E-state index contributed by atoms with van der Waals surface area (Å²) in [6, 6.07) is 0.204. The number of fused-ring (bicyclic) bond motifs is 1. The van der Waals surface area contributed by atoms with Gasteiger partial charge in [-0.1, -0.05) is 6.58 Å². The SMILES string of the molecule is C=CC(=O)N1CCCC(Nc2ncnc3[nH]cc(C)c23)C1. The Morgan fingerprint density at radius 1 is 1.57 bits per heavy atom. The van der Waals surface area contributed by atoms with E-state index in [0.29, 0.717) is 6.54 Å². The lowest BCUT2D eigenvalue weighted by molar-refractivity contribution is -0.127. The van der Waals surface area contributed by atoms with Crippen LogP contribution in [0.2, 0.25) is 0 Å². The maximum Gasteiger partial charge on any atom is 0.246 e. The molecule has 6 nitrogen and oxygen atoms in total. The van der Waals surface area contributed by atoms with Gasteiger partial charge in [-0.25, -0.2) is 9.97 Å². The van der Waals surface area contributed by atoms with Crippen molar-refractivity contribution in [2.24, 2.45) is 0 Å². The molecule has 0 saturated carbocycles. The second-order valence-electron chi connectivity index (χ2n) is 5.39. The summed E-state index contributed by atoms with van der Waals surface area (Å²) in [5, 5.41) is 4.48. The molecule has 2 N–H and O–H groups in total. The highest BCUT2D eigenvalue weighted by molar-refractivity contribution is 5.90. The Morgan fingerprint density at radius 2 is 2.43 bits per heavy atom. The fourth-order valence-electron chi connectivity index (χ4n) is 2.84. The molecule has 1 saturated heterocycles. The van der Waals surface area contributed by atoms with Crippen molar-refractivity contribution in [3.63, 3.8) is 0 Å². The molecule has 1 aliphatic rings. The zero-order valence-corrected chi connectivity index (χ0v) is 12.1. The minimum absolute atomic E-state index is 0.00726. The lowest BCUT2D eigenvalue weighted by atomic mass is 10.1. The number of piperidine rings is 1. The van der Waals surface area contributed by atoms with Gasteiger partial charge in [-0.2, -0.15) is 0 Å². The van der Waals surface area contributed by atoms with E-state index in [2.05, 4.69) is 26.8 Å². The van der Waals surface area contributed by atoms with Crippen molar-refractivity contribution in [2.75, 3.05) is 18.4 Å². The molecular formula is C15H19N5O. The van der Waals surface area contributed by atoms with Gasteiger partial charge < -0.3 is 15.2 Å². The van der Waals surface area contributed by atoms with E-state index < -0.39 is 0 Å². The van der Waals surface area contributed by atoms with Crippen molar-refractivity contribution in [1.82, 2.24) is 19.9 Å². The molecule has 0 spiro atoms. The Bertz CT molecular complexity index is 678. The number of nitrogens with one attached hydrogen (secondary N) is 2. The van der Waals surface area contributed by atoms with E-state index in [4.69, 9.17) is 0 Å². The lowest BCUT2D eigenvalue weighted by Crippen LogP contribution is -2.44. The highest BCUT2D eigenvalue weighted by Crippen LogP contribution is 2.24. The van der Waals surface area contributed by atoms with Crippen molar-refractivity contribution in [1.29, 1.82) is 0 Å². The number of carbonyl (C=O) groups is 1. The summed E-state index contributed by atoms with van der Waals surface area (Å²) >= 11 is 0. The predicted octanol–water partition coefficient (Wildman–Crippen LogP) is 1.86. The molecule has 3 heterocycles. The molecule has 2 aromatic heterocycles. The molecule has 1 atom stereocenters. The van der Waals surface area contributed by atoms with Crippen LogP contribution >= 0.6 is 0 Å². The average Bonchev–Trinajstić information content (AvgIpc) is 2.89. The first-order valence-electron chi connectivity index (χ1n) is 7.15. The number of hydrogen-bond donors (Lipinski definition) is 2. The maximum atomic E-state index is 11.7. The summed E-state index contributed by atoms with van der Waals surface area (Å²) in [6.45, 7) is 7.06. The number of hydrogen-bond acceptors (Lipinski definition) is 4. The highest BCUT2D eigenvalue weighted by Gasteiger charge is 2.23. The van der Waals surface area contributed by atoms with Gasteiger partial charge in [0.05, 0.1) is 5.39 Å². The van der Waals surface area contributed by atoms with Crippen LogP contribution < -0.4 is 5.32 Å². The van der Waals surface area contributed by atoms with Crippen LogP contribution in [0.4, 0.5) is 5.82 Å². The van der Waals surface area contributed by atoms with Crippen LogP contribution in [0.3, 0.4) is 0 Å². The molecule has 1 unspecified atom stereocenters. The zero-order valence-electron chi connectivity index (χ0n) is 12.1. The van der Waals surface area contributed by atoms with Gasteiger partial charge in [0.2, 0.25) is 5.91 Å². The first-order valence-corrected chi connectivity index (χ1v) is 7.15. The van der Waals surface area contributed by atoms with Gasteiger partial charge in [-0.3, -0.25) is 4.79 Å². The van der Waals surface area contributed by atoms with Gasteiger partial charge in [0.1, 0.15) is 17.8 Å². The number of rotatable bonds is 3. The van der Waals surface area contributed by atoms with Crippen molar-refractivity contribution in [3.8, 4) is 0 Å². The zero-order chi connectivity index (χ0) is 14.8. The van der Waals surface area contributed by atoms with E-state index in [0.717, 1.165) is 41.8 Å². The molecule has 6 heteroatoms. The van der Waals surface area contributed by atoms with Crippen molar-refractivity contribution < 1.29 is 4.79 Å². The molecule has 0 radical (unpaired) electrons. The quantitative estimate of drug-likeness (QED) is 0.844. The minimum atomic E-state index is -0.00726. The molecular weight excluding hydrogens is 266 g/mol. The number of nitrogens with zero attached hydrogens (tertiary/aromatic N) is 3. The normalized spacial score (nSPS) is 18.7. The van der Waals surface area contributed by atoms with Gasteiger partial charge in [-0.15, -0.1) is 0 Å². The predicted molar refractivity (Wildman–Crippen MR) is 82.0 cm³/mol. The van der Waals surface area contributed by atoms with E-state index in [-0.39, 0.29) is 11.9 Å². The number of aromatic amines is 1. The van der Waals surface area contributed by atoms with Crippen LogP contribution in [0, 0.1) is 6.92 Å². The number of likely N-dealkylation sites (tertiary alicyclic amines) is 1. The first kappa shape index (κ1) is 13.6. The van der Waals surface area contributed by atoms with Crippen LogP contribution in [0.1, 0.15) is 18.4 Å². The molecule has 0 aliphatic carbocycles. The van der Waals surface area contributed by atoms with Crippen LogP contribution in [-0.4, -0.2) is 44.9 Å². The van der Waals surface area contributed by atoms with Crippen LogP contribution in [-0.2, 0) is 4.79 Å². The fraction of sp³-hybridized carbons (Fsp3) is 0.400. The van der Waals surface area contributed by atoms with E-state index >= 15 is 0 Å². The maximum absolute atomic E-state index is 11.7. The molecule has 1 aliphatic heterocycles. The van der Waals surface area contributed by atoms with Crippen molar-refractivity contribution >= 4 is 22.8 Å². The second kappa shape index (κ2) is 5.55. The fourth-order valence-corrected chi connectivity index (χ4v) is 2.84. The number of H-pyrrole nitrogens is 1. The molecule has 21 heavy (non-hydrogen) atoms. The monoisotopic (exact) mass is 285 g/mol. The number of amides is 1. The molecule has 1 amide bonds. The number of carbonyl (C=O) groups excluding carboxylic acids is 1. The Morgan fingerprint density at radius 3 is 3.24 bits per heavy atom. The van der Waals surface area contributed by atoms with E-state index in [9.17, 15) is 4.79 Å². The average molecular weight is 285 g/mol. The van der Waals surface area contributed by atoms with Gasteiger partial charge in [0.25, 0.3) is 0 Å². The van der Waals surface area contributed by atoms with Gasteiger partial charge >= 0.3 is 0 Å². The van der Waals surface area contributed by atoms with Crippen molar-refractivity contribution in [3.05, 3.63) is 30.7 Å². The largest absolute Gasteiger partial charge is 0.365 e. The van der Waals surface area contributed by atoms with E-state index in [1.807, 2.05) is 18.0 Å². The highest BCUT2D eigenvalue weighted by atomic mass is 16.2. The van der Waals surface area contributed by atoms with Gasteiger partial charge in [0, 0.05) is 25.3 Å². The summed E-state index contributed by atoms with van der Waals surface area (Å²) in [5.41, 5.74) is 1.95. The minimum Gasteiger partial charge on any atom is -0.365 e. The number of anilines is 1. The molecule has 0 aromatic carbocycles. The first-order chi connectivity index (χ1) is 10.2. The Kier molecular flexibility index (Phi) is 3.60. The topological polar surface area (TPSA) is 73.9 Å². The van der Waals surface area contributed by atoms with E-state index in [1.54, 1.807) is 6.33 Å². The van der Waals surface area contributed by atoms with Crippen LogP contribution in [0.5, 0.6) is 0 Å². The lowest BCUT2D eigenvalue weighted by Gasteiger charge is -2.32. The summed E-state index contributed by atoms with van der Waals surface area (Å²) < 4.78 is 0. The summed E-state index contributed by atoms with van der Waals surface area (Å²) in [4.78, 5) is 25.3. The molecule has 3 rings (SSSR count). The molecule has 2 aromatic rings. The summed E-state index contributed by atoms with van der Waals surface area (Å²) in [5.74, 6) is 0.823. The third-order valence-electron chi connectivity index (χ3n) is 3.92. The third-order valence-corrected chi connectivity index (χ3v) is 3.92. The van der Waals surface area contributed by atoms with Gasteiger partial charge in [-0.05, 0) is 31.4 Å². The summed E-state index contributed by atoms with van der Waals surface area (Å²) in [6.07, 6.45) is 6.87. The Labute approximate surface area is 123 Å². The van der Waals surface area contributed by atoms with Crippen molar-refractivity contribution in [2.45, 2.75) is 25.8 Å².